The summed E-state index contributed by atoms with van der Waals surface area (Å²) in [7, 11) is 1.17. The Hall–Kier alpha value is -4.50. The van der Waals surface area contributed by atoms with Crippen LogP contribution >= 0.6 is 0 Å². The molecule has 0 unspecified atom stereocenters. The van der Waals surface area contributed by atoms with Crippen molar-refractivity contribution in [1.29, 1.82) is 0 Å². The Labute approximate surface area is 273 Å². The predicted molar refractivity (Wildman–Crippen MR) is 171 cm³/mol. The number of hydrogen-bond acceptors (Lipinski definition) is 9. The van der Waals surface area contributed by atoms with Crippen molar-refractivity contribution in [2.24, 2.45) is 11.3 Å². The Morgan fingerprint density at radius 2 is 1.62 bits per heavy atom. The zero-order valence-electron chi connectivity index (χ0n) is 27.4. The highest BCUT2D eigenvalue weighted by Gasteiger charge is 2.34. The molecule has 0 aliphatic carbocycles. The van der Waals surface area contributed by atoms with Crippen LogP contribution in [0, 0.1) is 11.3 Å². The van der Waals surface area contributed by atoms with E-state index >= 15 is 0 Å². The molecule has 0 fully saturated rings. The molecule has 1 aromatic heterocycles. The van der Waals surface area contributed by atoms with Crippen LogP contribution in [0.5, 0.6) is 0 Å². The summed E-state index contributed by atoms with van der Waals surface area (Å²) in [5.74, 6) is -5.27. The first kappa shape index (κ1) is 38.7. The molecule has 0 aliphatic heterocycles. The van der Waals surface area contributed by atoms with Gasteiger partial charge in [0.15, 0.2) is 0 Å². The van der Waals surface area contributed by atoms with Crippen LogP contribution in [0.1, 0.15) is 58.9 Å². The normalized spacial score (nSPS) is 14.6. The lowest BCUT2D eigenvalue weighted by atomic mass is 9.87. The first-order chi connectivity index (χ1) is 22.1. The lowest BCUT2D eigenvalue weighted by molar-refractivity contribution is -0.145. The van der Waals surface area contributed by atoms with E-state index in [4.69, 9.17) is 4.74 Å². The number of aromatic nitrogens is 1. The second-order valence-corrected chi connectivity index (χ2v) is 12.2. The van der Waals surface area contributed by atoms with E-state index in [1.54, 1.807) is 20.0 Å². The van der Waals surface area contributed by atoms with Crippen LogP contribution in [-0.2, 0) is 39.9 Å². The maximum absolute atomic E-state index is 13.5. The quantitative estimate of drug-likeness (QED) is 0.0948. The number of carbonyl (C=O) groups excluding carboxylic acids is 5. The summed E-state index contributed by atoms with van der Waals surface area (Å²) in [6, 6.07) is 3.74. The molecule has 1 aromatic carbocycles. The van der Waals surface area contributed by atoms with Gasteiger partial charge < -0.3 is 46.3 Å². The minimum Gasteiger partial charge on any atom is -0.481 e. The Kier molecular flexibility index (Phi) is 14.8. The Morgan fingerprint density at radius 3 is 2.23 bits per heavy atom. The van der Waals surface area contributed by atoms with Gasteiger partial charge in [-0.1, -0.05) is 52.3 Å². The van der Waals surface area contributed by atoms with E-state index in [2.05, 4.69) is 26.3 Å². The van der Waals surface area contributed by atoms with Gasteiger partial charge in [0.1, 0.15) is 24.2 Å². The number of ether oxygens (including phenoxy) is 1. The fourth-order valence-corrected chi connectivity index (χ4v) is 4.71. The maximum Gasteiger partial charge on any atom is 0.328 e. The van der Waals surface area contributed by atoms with Crippen molar-refractivity contribution in [2.75, 3.05) is 20.3 Å². The van der Waals surface area contributed by atoms with E-state index in [0.717, 1.165) is 16.5 Å². The molecule has 0 saturated heterocycles. The fraction of sp³-hybridized carbons (Fsp3) is 0.562. The summed E-state index contributed by atoms with van der Waals surface area (Å²) in [6.07, 6.45) is -0.299. The third kappa shape index (κ3) is 11.4. The Morgan fingerprint density at radius 1 is 0.957 bits per heavy atom. The minimum atomic E-state index is -1.51. The number of fused-ring (bicyclic) bond motifs is 1. The van der Waals surface area contributed by atoms with Crippen LogP contribution < -0.4 is 21.3 Å². The molecule has 15 nitrogen and oxygen atoms in total. The average Bonchev–Trinajstić information content (AvgIpc) is 3.46. The molecular formula is C32H47N5O10. The monoisotopic (exact) mass is 661 g/mol. The Bertz CT molecular complexity index is 1410. The highest BCUT2D eigenvalue weighted by molar-refractivity contribution is 5.94. The Balaban J connectivity index is 2.15. The zero-order valence-corrected chi connectivity index (χ0v) is 27.4. The number of hydrogen-bond donors (Lipinski definition) is 8. The summed E-state index contributed by atoms with van der Waals surface area (Å²) in [5, 5.41) is 39.8. The smallest absolute Gasteiger partial charge is 0.328 e. The summed E-state index contributed by atoms with van der Waals surface area (Å²) >= 11 is 0. The number of aliphatic hydroxyl groups is 2. The van der Waals surface area contributed by atoms with Crippen LogP contribution in [0.4, 0.5) is 0 Å². The number of carboxylic acid groups (broad SMARTS) is 1. The standard InChI is InChI=1S/C32H47N5O10/c1-6-18(2)26(37-24(39)13-14-33-30(45)27(42)32(3,4)17-38)29(44)35-22(11-12-25(40)41)28(43)36-23(31(46)47-5)15-19-16-34-21-10-8-7-9-20(19)21/h7-10,16,18,22-23,26-27,34,38,42H,6,11-15,17H2,1-5H3,(H,33,45)(H,35,44)(H,36,43)(H,37,39)(H,40,41)/t18-,22-,23-,26-,27-/m0/s1. The van der Waals surface area contributed by atoms with Crippen LogP contribution in [0.2, 0.25) is 0 Å². The molecule has 2 rings (SSSR count). The van der Waals surface area contributed by atoms with E-state index in [1.807, 2.05) is 24.3 Å². The van der Waals surface area contributed by atoms with Gasteiger partial charge in [0.25, 0.3) is 0 Å². The molecule has 4 amide bonds. The van der Waals surface area contributed by atoms with Crippen molar-refractivity contribution in [3.63, 3.8) is 0 Å². The van der Waals surface area contributed by atoms with E-state index in [0.29, 0.717) is 6.42 Å². The van der Waals surface area contributed by atoms with Gasteiger partial charge in [-0.15, -0.1) is 0 Å². The second kappa shape index (κ2) is 18.0. The number of esters is 1. The maximum atomic E-state index is 13.5. The molecule has 0 radical (unpaired) electrons. The third-order valence-corrected chi connectivity index (χ3v) is 8.04. The van der Waals surface area contributed by atoms with Gasteiger partial charge in [0, 0.05) is 48.3 Å². The van der Waals surface area contributed by atoms with E-state index in [1.165, 1.54) is 21.0 Å². The highest BCUT2D eigenvalue weighted by Crippen LogP contribution is 2.20. The van der Waals surface area contributed by atoms with Crippen molar-refractivity contribution in [3.8, 4) is 0 Å². The topological polar surface area (TPSA) is 236 Å². The number of aromatic amines is 1. The molecule has 2 aromatic rings. The van der Waals surface area contributed by atoms with Crippen LogP contribution in [0.3, 0.4) is 0 Å². The molecule has 47 heavy (non-hydrogen) atoms. The molecule has 0 saturated carbocycles. The third-order valence-electron chi connectivity index (χ3n) is 8.04. The van der Waals surface area contributed by atoms with Gasteiger partial charge in [-0.3, -0.25) is 24.0 Å². The molecule has 1 heterocycles. The van der Waals surface area contributed by atoms with Gasteiger partial charge in [-0.25, -0.2) is 4.79 Å². The number of aliphatic hydroxyl groups excluding tert-OH is 2. The number of carboxylic acids is 1. The number of amides is 4. The first-order valence-electron chi connectivity index (χ1n) is 15.5. The first-order valence-corrected chi connectivity index (χ1v) is 15.5. The number of benzene rings is 1. The van der Waals surface area contributed by atoms with Crippen molar-refractivity contribution < 1.29 is 48.8 Å². The van der Waals surface area contributed by atoms with Gasteiger partial charge in [-0.2, -0.15) is 0 Å². The molecule has 15 heteroatoms. The van der Waals surface area contributed by atoms with Crippen LogP contribution in [0.25, 0.3) is 10.9 Å². The lowest BCUT2D eigenvalue weighted by Crippen LogP contribution is -2.57. The fourth-order valence-electron chi connectivity index (χ4n) is 4.71. The number of aliphatic carboxylic acids is 1. The largest absolute Gasteiger partial charge is 0.481 e. The van der Waals surface area contributed by atoms with Crippen molar-refractivity contribution in [2.45, 2.75) is 84.0 Å². The SMILES string of the molecule is CC[C@H](C)[C@H](NC(=O)CCNC(=O)[C@H](O)C(C)(C)CO)C(=O)N[C@@H](CCC(=O)O)C(=O)N[C@@H](Cc1c[nH]c2ccccc12)C(=O)OC. The molecule has 260 valence electrons. The molecule has 8 N–H and O–H groups in total. The summed E-state index contributed by atoms with van der Waals surface area (Å²) in [6.45, 7) is 5.91. The molecule has 5 atom stereocenters. The van der Waals surface area contributed by atoms with Gasteiger partial charge in [0.05, 0.1) is 13.7 Å². The van der Waals surface area contributed by atoms with Gasteiger partial charge in [0.2, 0.25) is 23.6 Å². The summed E-state index contributed by atoms with van der Waals surface area (Å²) in [4.78, 5) is 79.0. The van der Waals surface area contributed by atoms with Crippen LogP contribution in [0.15, 0.2) is 30.5 Å². The predicted octanol–water partition coefficient (Wildman–Crippen LogP) is 0.134. The summed E-state index contributed by atoms with van der Waals surface area (Å²) in [5.41, 5.74) is 0.459. The number of methoxy groups -OCH3 is 1. The summed E-state index contributed by atoms with van der Waals surface area (Å²) < 4.78 is 4.90. The number of nitrogens with one attached hydrogen (secondary N) is 5. The minimum absolute atomic E-state index is 0.0542. The lowest BCUT2D eigenvalue weighted by Gasteiger charge is -2.28. The van der Waals surface area contributed by atoms with E-state index in [9.17, 15) is 44.1 Å². The van der Waals surface area contributed by atoms with E-state index in [-0.39, 0.29) is 25.8 Å². The van der Waals surface area contributed by atoms with Crippen molar-refractivity contribution >= 4 is 46.5 Å². The average molecular weight is 662 g/mol. The highest BCUT2D eigenvalue weighted by atomic mass is 16.5. The molecular weight excluding hydrogens is 614 g/mol. The van der Waals surface area contributed by atoms with Gasteiger partial charge in [-0.05, 0) is 24.0 Å². The molecule has 0 bridgehead atoms. The number of para-hydroxylation sites is 1. The van der Waals surface area contributed by atoms with E-state index < -0.39 is 84.2 Å². The van der Waals surface area contributed by atoms with Crippen LogP contribution in [-0.4, -0.2) is 100 Å². The van der Waals surface area contributed by atoms with Crippen molar-refractivity contribution in [3.05, 3.63) is 36.0 Å². The number of carbonyl (C=O) groups is 6. The zero-order chi connectivity index (χ0) is 35.3. The number of rotatable bonds is 19. The number of H-pyrrole nitrogens is 1. The van der Waals surface area contributed by atoms with Gasteiger partial charge >= 0.3 is 11.9 Å². The second-order valence-electron chi connectivity index (χ2n) is 12.2. The van der Waals surface area contributed by atoms with Crippen molar-refractivity contribution in [1.82, 2.24) is 26.3 Å². The molecule has 0 aliphatic rings. The molecule has 0 spiro atoms.